The molecule has 2 aliphatic carbocycles. The maximum Gasteiger partial charge on any atom is 0.0963 e. The van der Waals surface area contributed by atoms with Gasteiger partial charge in [0, 0.05) is 52.0 Å². The van der Waals surface area contributed by atoms with Crippen molar-refractivity contribution in [1.29, 1.82) is 0 Å². The normalized spacial score (nSPS) is 15.2. The van der Waals surface area contributed by atoms with E-state index in [0.717, 1.165) is 46.9 Å². The van der Waals surface area contributed by atoms with Crippen molar-refractivity contribution in [3.8, 4) is 33.6 Å². The lowest BCUT2D eigenvalue weighted by Crippen LogP contribution is -2.28. The summed E-state index contributed by atoms with van der Waals surface area (Å²) in [4.78, 5) is 9.53. The quantitative estimate of drug-likeness (QED) is 0.169. The molecule has 0 N–H and O–H groups in total. The van der Waals surface area contributed by atoms with Gasteiger partial charge in [0.25, 0.3) is 0 Å². The fourth-order valence-corrected chi connectivity index (χ4v) is 10.6. The lowest BCUT2D eigenvalue weighted by molar-refractivity contribution is 0.571. The molecule has 0 radical (unpaired) electrons. The highest BCUT2D eigenvalue weighted by Gasteiger charge is 2.46. The van der Waals surface area contributed by atoms with E-state index in [2.05, 4.69) is 197 Å². The molecule has 4 heterocycles. The van der Waals surface area contributed by atoms with Gasteiger partial charge < -0.3 is 9.13 Å². The summed E-state index contributed by atoms with van der Waals surface area (Å²) in [6.07, 6.45) is 14.0. The Balaban J connectivity index is 0.982. The summed E-state index contributed by atoms with van der Waals surface area (Å²) in [6.45, 7) is 2.29. The molecule has 0 aliphatic heterocycles. The summed E-state index contributed by atoms with van der Waals surface area (Å²) in [5.41, 5.74) is 19.0. The molecule has 0 spiro atoms. The van der Waals surface area contributed by atoms with Crippen LogP contribution in [0.3, 0.4) is 0 Å². The molecule has 0 saturated heterocycles. The van der Waals surface area contributed by atoms with E-state index in [1.807, 2.05) is 18.6 Å². The zero-order chi connectivity index (χ0) is 39.8. The summed E-state index contributed by atoms with van der Waals surface area (Å²) in [5, 5.41) is 2.38. The number of aromatic nitrogens is 4. The summed E-state index contributed by atoms with van der Waals surface area (Å²) in [7, 11) is 0. The number of hydrogen-bond donors (Lipinski definition) is 0. The van der Waals surface area contributed by atoms with E-state index in [1.54, 1.807) is 0 Å². The lowest BCUT2D eigenvalue weighted by atomic mass is 9.67. The molecule has 286 valence electrons. The van der Waals surface area contributed by atoms with Gasteiger partial charge in [-0.3, -0.25) is 9.97 Å². The van der Waals surface area contributed by atoms with Gasteiger partial charge >= 0.3 is 0 Å². The van der Waals surface area contributed by atoms with Crippen LogP contribution in [0.1, 0.15) is 53.3 Å². The fraction of sp³-hybridized carbons (Fsp3) is 0.107. The first-order valence-electron chi connectivity index (χ1n) is 21.2. The van der Waals surface area contributed by atoms with Crippen molar-refractivity contribution >= 4 is 38.9 Å². The van der Waals surface area contributed by atoms with E-state index < -0.39 is 5.41 Å². The van der Waals surface area contributed by atoms with E-state index in [1.165, 1.54) is 72.4 Å². The highest BCUT2D eigenvalue weighted by atomic mass is 15.0. The number of hydrogen-bond acceptors (Lipinski definition) is 2. The lowest BCUT2D eigenvalue weighted by Gasteiger charge is -2.34. The minimum atomic E-state index is -0.482. The van der Waals surface area contributed by atoms with Crippen LogP contribution in [0.15, 0.2) is 188 Å². The Hall–Kier alpha value is -7.30. The molecule has 60 heavy (non-hydrogen) atoms. The Morgan fingerprint density at radius 3 is 1.98 bits per heavy atom. The summed E-state index contributed by atoms with van der Waals surface area (Å²) in [5.74, 6) is 0.608. The topological polar surface area (TPSA) is 35.6 Å². The molecule has 10 aromatic rings. The third-order valence-corrected chi connectivity index (χ3v) is 13.4. The first kappa shape index (κ1) is 34.7. The minimum Gasteiger partial charge on any atom is -0.313 e. The molecule has 4 heteroatoms. The van der Waals surface area contributed by atoms with Crippen molar-refractivity contribution in [2.75, 3.05) is 0 Å². The van der Waals surface area contributed by atoms with Crippen molar-refractivity contribution in [2.24, 2.45) is 5.92 Å². The van der Waals surface area contributed by atoms with Crippen LogP contribution in [0.2, 0.25) is 0 Å². The van der Waals surface area contributed by atoms with Gasteiger partial charge in [0.2, 0.25) is 0 Å². The van der Waals surface area contributed by atoms with Crippen molar-refractivity contribution in [2.45, 2.75) is 31.6 Å². The van der Waals surface area contributed by atoms with Crippen LogP contribution in [0.4, 0.5) is 0 Å². The second-order valence-electron chi connectivity index (χ2n) is 16.4. The van der Waals surface area contributed by atoms with Crippen LogP contribution < -0.4 is 0 Å². The summed E-state index contributed by atoms with van der Waals surface area (Å²) in [6, 6.07) is 60.4. The second kappa shape index (κ2) is 13.6. The standard InChI is InChI=1S/C56H42N4/c1-2-37-19-29-45-48-36-57-33-31-52(48)59(51(45)30-20-37)42-25-21-38(22-26-42)39-23-27-43(28-24-39)60-53-18-11-32-58-55(53)47-34-46-44-16-9-10-17-49(44)56(50(46)35-54(47)60,40-12-5-3-6-13-40)41-14-7-4-8-15-41/h3-19,21-29,31-37H,2,20,30H2,1H3. The molecule has 0 saturated carbocycles. The predicted molar refractivity (Wildman–Crippen MR) is 247 cm³/mol. The van der Waals surface area contributed by atoms with Crippen molar-refractivity contribution in [3.05, 3.63) is 222 Å². The van der Waals surface area contributed by atoms with Gasteiger partial charge in [0.1, 0.15) is 0 Å². The fourth-order valence-electron chi connectivity index (χ4n) is 10.6. The maximum absolute atomic E-state index is 5.01. The van der Waals surface area contributed by atoms with Crippen LogP contribution >= 0.6 is 0 Å². The number of pyridine rings is 2. The maximum atomic E-state index is 5.01. The smallest absolute Gasteiger partial charge is 0.0963 e. The Morgan fingerprint density at radius 1 is 0.583 bits per heavy atom. The van der Waals surface area contributed by atoms with Gasteiger partial charge in [-0.25, -0.2) is 0 Å². The molecule has 4 nitrogen and oxygen atoms in total. The molecule has 2 aliphatic rings. The van der Waals surface area contributed by atoms with Gasteiger partial charge in [-0.2, -0.15) is 0 Å². The molecule has 4 aromatic heterocycles. The first-order chi connectivity index (χ1) is 29.7. The molecule has 0 fully saturated rings. The SMILES string of the molecule is CCC1C=Cc2c(n(-c3ccc(-c4ccc(-n5c6cc7c(cc6c6ncccc65)-c5ccccc5C7(c5ccccc5)c5ccccc5)cc4)cc3)c3ccncc23)CC1. The molecule has 12 rings (SSSR count). The van der Waals surface area contributed by atoms with Crippen molar-refractivity contribution < 1.29 is 0 Å². The molecule has 1 unspecified atom stereocenters. The second-order valence-corrected chi connectivity index (χ2v) is 16.4. The number of benzene rings is 6. The number of fused-ring (bicyclic) bond motifs is 9. The van der Waals surface area contributed by atoms with E-state index in [4.69, 9.17) is 4.98 Å². The molecule has 0 bridgehead atoms. The van der Waals surface area contributed by atoms with Gasteiger partial charge in [-0.1, -0.05) is 128 Å². The van der Waals surface area contributed by atoms with Crippen molar-refractivity contribution in [1.82, 2.24) is 19.1 Å². The Labute approximate surface area is 349 Å². The molecule has 1 atom stereocenters. The molecular weight excluding hydrogens is 729 g/mol. The van der Waals surface area contributed by atoms with Crippen LogP contribution in [0, 0.1) is 5.92 Å². The molecular formula is C56H42N4. The average Bonchev–Trinajstić information content (AvgIpc) is 3.85. The molecule has 6 aromatic carbocycles. The van der Waals surface area contributed by atoms with Gasteiger partial charge in [0.05, 0.1) is 27.5 Å². The zero-order valence-electron chi connectivity index (χ0n) is 33.5. The summed E-state index contributed by atoms with van der Waals surface area (Å²) >= 11 is 0. The van der Waals surface area contributed by atoms with E-state index in [9.17, 15) is 0 Å². The summed E-state index contributed by atoms with van der Waals surface area (Å²) < 4.78 is 4.86. The zero-order valence-corrected chi connectivity index (χ0v) is 33.5. The van der Waals surface area contributed by atoms with Crippen LogP contribution in [-0.2, 0) is 11.8 Å². The van der Waals surface area contributed by atoms with Gasteiger partial charge in [-0.05, 0) is 124 Å². The number of rotatable bonds is 6. The minimum absolute atomic E-state index is 0.482. The van der Waals surface area contributed by atoms with Crippen LogP contribution in [0.5, 0.6) is 0 Å². The Kier molecular flexibility index (Phi) is 7.89. The van der Waals surface area contributed by atoms with Crippen LogP contribution in [0.25, 0.3) is 72.5 Å². The van der Waals surface area contributed by atoms with Crippen molar-refractivity contribution in [3.63, 3.8) is 0 Å². The van der Waals surface area contributed by atoms with Crippen LogP contribution in [-0.4, -0.2) is 19.1 Å². The van der Waals surface area contributed by atoms with E-state index >= 15 is 0 Å². The highest BCUT2D eigenvalue weighted by molar-refractivity contribution is 6.10. The number of allylic oxidation sites excluding steroid dienone is 1. The van der Waals surface area contributed by atoms with Gasteiger partial charge in [0.15, 0.2) is 0 Å². The molecule has 0 amide bonds. The van der Waals surface area contributed by atoms with E-state index in [-0.39, 0.29) is 0 Å². The highest BCUT2D eigenvalue weighted by Crippen LogP contribution is 2.57. The third-order valence-electron chi connectivity index (χ3n) is 13.4. The van der Waals surface area contributed by atoms with E-state index in [0.29, 0.717) is 5.92 Å². The monoisotopic (exact) mass is 770 g/mol. The number of nitrogens with zero attached hydrogens (tertiary/aromatic N) is 4. The predicted octanol–water partition coefficient (Wildman–Crippen LogP) is 13.5. The Bertz CT molecular complexity index is 3240. The average molecular weight is 771 g/mol. The Morgan fingerprint density at radius 2 is 1.27 bits per heavy atom. The third kappa shape index (κ3) is 5.04. The van der Waals surface area contributed by atoms with Gasteiger partial charge in [-0.15, -0.1) is 0 Å². The first-order valence-corrected chi connectivity index (χ1v) is 21.2. The largest absolute Gasteiger partial charge is 0.313 e.